The number of carbonyl (C=O) groups is 1. The van der Waals surface area contributed by atoms with E-state index in [1.807, 2.05) is 37.3 Å². The zero-order valence-electron chi connectivity index (χ0n) is 18.0. The molecule has 32 heavy (non-hydrogen) atoms. The zero-order valence-corrected chi connectivity index (χ0v) is 18.8. The van der Waals surface area contributed by atoms with Crippen molar-refractivity contribution in [2.24, 2.45) is 19.1 Å². The lowest BCUT2D eigenvalue weighted by Crippen LogP contribution is -2.39. The molecule has 0 spiro atoms. The average Bonchev–Trinajstić information content (AvgIpc) is 2.81. The highest BCUT2D eigenvalue weighted by molar-refractivity contribution is 8.15. The average molecular weight is 453 g/mol. The minimum atomic E-state index is -0.690. The van der Waals surface area contributed by atoms with Gasteiger partial charge in [-0.2, -0.15) is 0 Å². The van der Waals surface area contributed by atoms with E-state index in [2.05, 4.69) is 10.3 Å². The Kier molecular flexibility index (Phi) is 7.32. The number of aryl methyl sites for hydroxylation is 1. The molecule has 2 N–H and O–H groups in total. The van der Waals surface area contributed by atoms with Crippen molar-refractivity contribution in [2.45, 2.75) is 13.3 Å². The molecular formula is C23H24N4O4S. The second kappa shape index (κ2) is 10.1. The van der Waals surface area contributed by atoms with Crippen molar-refractivity contribution < 1.29 is 9.90 Å². The van der Waals surface area contributed by atoms with E-state index >= 15 is 0 Å². The van der Waals surface area contributed by atoms with Crippen molar-refractivity contribution in [2.75, 3.05) is 11.1 Å². The minimum Gasteiger partial charge on any atom is -0.494 e. The van der Waals surface area contributed by atoms with E-state index in [4.69, 9.17) is 0 Å². The fourth-order valence-electron chi connectivity index (χ4n) is 3.07. The fraction of sp³-hybridized carbons (Fsp3) is 0.217. The van der Waals surface area contributed by atoms with Gasteiger partial charge in [-0.15, -0.1) is 0 Å². The van der Waals surface area contributed by atoms with Crippen molar-refractivity contribution in [3.8, 4) is 5.88 Å². The summed E-state index contributed by atoms with van der Waals surface area (Å²) in [7, 11) is 2.69. The molecule has 0 saturated heterocycles. The van der Waals surface area contributed by atoms with Crippen molar-refractivity contribution in [1.82, 2.24) is 9.13 Å². The van der Waals surface area contributed by atoms with Gasteiger partial charge in [-0.1, -0.05) is 55.1 Å². The maximum atomic E-state index is 12.8. The van der Waals surface area contributed by atoms with Crippen LogP contribution in [0.25, 0.3) is 0 Å². The van der Waals surface area contributed by atoms with Gasteiger partial charge < -0.3 is 10.4 Å². The number of hydrogen-bond acceptors (Lipinski definition) is 6. The van der Waals surface area contributed by atoms with E-state index < -0.39 is 17.1 Å². The van der Waals surface area contributed by atoms with E-state index in [9.17, 15) is 19.5 Å². The van der Waals surface area contributed by atoms with Crippen LogP contribution in [0, 0.1) is 0 Å². The van der Waals surface area contributed by atoms with E-state index in [0.29, 0.717) is 5.69 Å². The molecule has 0 radical (unpaired) electrons. The molecule has 0 bridgehead atoms. The lowest BCUT2D eigenvalue weighted by Gasteiger charge is -2.13. The third-order valence-corrected chi connectivity index (χ3v) is 5.82. The molecule has 8 nitrogen and oxygen atoms in total. The molecule has 166 valence electrons. The van der Waals surface area contributed by atoms with Gasteiger partial charge in [0.25, 0.3) is 5.56 Å². The smallest absolute Gasteiger partial charge is 0.333 e. The molecule has 1 aromatic heterocycles. The number of nitrogens with zero attached hydrogens (tertiary/aromatic N) is 3. The number of rotatable bonds is 6. The second-order valence-corrected chi connectivity index (χ2v) is 7.97. The summed E-state index contributed by atoms with van der Waals surface area (Å²) in [5.41, 5.74) is 0.794. The molecule has 0 unspecified atom stereocenters. The van der Waals surface area contributed by atoms with Crippen molar-refractivity contribution >= 4 is 34.1 Å². The number of nitrogens with one attached hydrogen (secondary N) is 1. The van der Waals surface area contributed by atoms with Crippen LogP contribution < -0.4 is 16.6 Å². The first-order valence-electron chi connectivity index (χ1n) is 9.97. The highest BCUT2D eigenvalue weighted by atomic mass is 32.2. The van der Waals surface area contributed by atoms with Gasteiger partial charge >= 0.3 is 5.69 Å². The number of carbonyl (C=O) groups excluding carboxylic acids is 1. The number of hydrogen-bond donors (Lipinski definition) is 2. The summed E-state index contributed by atoms with van der Waals surface area (Å²) in [4.78, 5) is 42.1. The lowest BCUT2D eigenvalue weighted by atomic mass is 10.1. The summed E-state index contributed by atoms with van der Waals surface area (Å²) in [5, 5.41) is 13.6. The van der Waals surface area contributed by atoms with Gasteiger partial charge in [-0.3, -0.25) is 18.7 Å². The first-order valence-corrected chi connectivity index (χ1v) is 11.0. The minimum absolute atomic E-state index is 0.0465. The molecule has 1 amide bonds. The highest BCUT2D eigenvalue weighted by Gasteiger charge is 2.22. The predicted octanol–water partition coefficient (Wildman–Crippen LogP) is 2.80. The first kappa shape index (κ1) is 23.1. The van der Waals surface area contributed by atoms with Crippen molar-refractivity contribution in [1.29, 1.82) is 0 Å². The molecule has 0 aliphatic heterocycles. The van der Waals surface area contributed by atoms with Crippen LogP contribution in [0.3, 0.4) is 0 Å². The summed E-state index contributed by atoms with van der Waals surface area (Å²) < 4.78 is 1.86. The van der Waals surface area contributed by atoms with Gasteiger partial charge in [-0.25, -0.2) is 9.79 Å². The Hall–Kier alpha value is -3.59. The number of para-hydroxylation sites is 2. The molecule has 0 saturated carbocycles. The third kappa shape index (κ3) is 5.00. The normalized spacial score (nSPS) is 11.4. The van der Waals surface area contributed by atoms with Crippen LogP contribution in [-0.2, 0) is 25.3 Å². The van der Waals surface area contributed by atoms with Gasteiger partial charge in [0.05, 0.1) is 11.4 Å². The number of aromatic hydroxyl groups is 1. The lowest BCUT2D eigenvalue weighted by molar-refractivity contribution is -0.113. The molecule has 0 aliphatic rings. The van der Waals surface area contributed by atoms with E-state index in [1.54, 1.807) is 24.3 Å². The molecular weight excluding hydrogens is 428 g/mol. The van der Waals surface area contributed by atoms with E-state index in [1.165, 1.54) is 14.1 Å². The second-order valence-electron chi connectivity index (χ2n) is 7.00. The maximum Gasteiger partial charge on any atom is 0.333 e. The molecule has 0 fully saturated rings. The molecule has 0 aliphatic carbocycles. The Morgan fingerprint density at radius 1 is 1.03 bits per heavy atom. The van der Waals surface area contributed by atoms with Crippen molar-refractivity contribution in [3.05, 3.63) is 86.6 Å². The van der Waals surface area contributed by atoms with Crippen molar-refractivity contribution in [3.63, 3.8) is 0 Å². The number of aromatic nitrogens is 2. The Labute approximate surface area is 189 Å². The summed E-state index contributed by atoms with van der Waals surface area (Å²) in [6.07, 6.45) is 0.770. The molecule has 9 heteroatoms. The Morgan fingerprint density at radius 3 is 2.38 bits per heavy atom. The monoisotopic (exact) mass is 452 g/mol. The number of thioether (sulfide) groups is 1. The van der Waals surface area contributed by atoms with Crippen LogP contribution in [0.2, 0.25) is 0 Å². The van der Waals surface area contributed by atoms with Crippen LogP contribution in [0.5, 0.6) is 5.88 Å². The number of amides is 1. The summed E-state index contributed by atoms with van der Waals surface area (Å²) >= 11 is 1.01. The van der Waals surface area contributed by atoms with Crippen LogP contribution >= 0.6 is 11.8 Å². The summed E-state index contributed by atoms with van der Waals surface area (Å²) in [5.74, 6) is -0.829. The van der Waals surface area contributed by atoms with Crippen LogP contribution in [0.4, 0.5) is 11.4 Å². The van der Waals surface area contributed by atoms with Gasteiger partial charge in [0.2, 0.25) is 11.8 Å². The summed E-state index contributed by atoms with van der Waals surface area (Å²) in [6.45, 7) is 2.00. The van der Waals surface area contributed by atoms with Gasteiger partial charge in [0.1, 0.15) is 10.6 Å². The Morgan fingerprint density at radius 2 is 1.69 bits per heavy atom. The molecule has 3 aromatic rings. The quantitative estimate of drug-likeness (QED) is 0.442. The number of anilines is 1. The molecule has 1 heterocycles. The standard InChI is InChI=1S/C23H24N4O4S/c1-4-15-10-8-9-13-17(15)25-18(28)14-32-20(24-16-11-6-5-7-12-16)19-21(29)26(2)23(31)27(3)22(19)30/h5-13,29H,4,14H2,1-3H3,(H,25,28). The first-order chi connectivity index (χ1) is 15.3. The van der Waals surface area contributed by atoms with Gasteiger partial charge in [0, 0.05) is 19.8 Å². The zero-order chi connectivity index (χ0) is 23.3. The van der Waals surface area contributed by atoms with E-state index in [-0.39, 0.29) is 22.3 Å². The molecule has 2 aromatic carbocycles. The third-order valence-electron chi connectivity index (χ3n) is 4.85. The van der Waals surface area contributed by atoms with Gasteiger partial charge in [-0.05, 0) is 30.2 Å². The SMILES string of the molecule is CCc1ccccc1NC(=O)CSC(=Nc1ccccc1)c1c(O)n(C)c(=O)n(C)c1=O. The van der Waals surface area contributed by atoms with Crippen LogP contribution in [0.15, 0.2) is 69.2 Å². The number of benzene rings is 2. The Bertz CT molecular complexity index is 1280. The predicted molar refractivity (Wildman–Crippen MR) is 128 cm³/mol. The highest BCUT2D eigenvalue weighted by Crippen LogP contribution is 2.23. The van der Waals surface area contributed by atoms with Crippen LogP contribution in [0.1, 0.15) is 18.1 Å². The van der Waals surface area contributed by atoms with Crippen LogP contribution in [-0.4, -0.2) is 30.9 Å². The van der Waals surface area contributed by atoms with E-state index in [0.717, 1.165) is 38.6 Å². The topological polar surface area (TPSA) is 106 Å². The molecule has 0 atom stereocenters. The Balaban J connectivity index is 1.96. The fourth-order valence-corrected chi connectivity index (χ4v) is 3.90. The van der Waals surface area contributed by atoms with Gasteiger partial charge in [0.15, 0.2) is 0 Å². The summed E-state index contributed by atoms with van der Waals surface area (Å²) in [6, 6.07) is 16.4. The maximum absolute atomic E-state index is 12.8. The largest absolute Gasteiger partial charge is 0.494 e. The number of aliphatic imine (C=N–C) groups is 1. The molecule has 3 rings (SSSR count).